The van der Waals surface area contributed by atoms with Crippen molar-refractivity contribution in [1.29, 1.82) is 5.26 Å². The Balaban J connectivity index is 2.50. The summed E-state index contributed by atoms with van der Waals surface area (Å²) in [6.45, 7) is 12.3. The highest BCUT2D eigenvalue weighted by Gasteiger charge is 2.08. The summed E-state index contributed by atoms with van der Waals surface area (Å²) in [7, 11) is 0. The number of fused-ring (bicyclic) bond motifs is 1. The molecule has 2 rings (SSSR count). The number of nitriles is 1. The van der Waals surface area contributed by atoms with Crippen LogP contribution in [0.2, 0.25) is 0 Å². The topological polar surface area (TPSA) is 27.0 Å². The van der Waals surface area contributed by atoms with Gasteiger partial charge in [-0.2, -0.15) is 5.26 Å². The van der Waals surface area contributed by atoms with Crippen LogP contribution >= 0.6 is 0 Å². The van der Waals surface area contributed by atoms with E-state index >= 15 is 0 Å². The van der Waals surface area contributed by atoms with Gasteiger partial charge in [0.25, 0.3) is 0 Å². The predicted molar refractivity (Wildman–Crippen MR) is 114 cm³/mol. The molecule has 26 heavy (non-hydrogen) atoms. The van der Waals surface area contributed by atoms with Crippen molar-refractivity contribution in [2.75, 3.05) is 18.0 Å². The van der Waals surface area contributed by atoms with Gasteiger partial charge in [-0.25, -0.2) is 0 Å². The molecule has 0 bridgehead atoms. The highest BCUT2D eigenvalue weighted by atomic mass is 15.1. The Morgan fingerprint density at radius 2 is 1.73 bits per heavy atom. The number of rotatable bonds is 8. The molecule has 0 aliphatic heterocycles. The number of nitrogens with zero attached hydrogens (tertiary/aromatic N) is 2. The smallest absolute Gasteiger partial charge is 0.0997 e. The SMILES string of the molecule is C=C/C(C#N)=C(\C=C/C)c1ccc2cc(N(CCC)CCC)ccc2c1. The van der Waals surface area contributed by atoms with Crippen molar-refractivity contribution >= 4 is 22.0 Å². The third-order valence-electron chi connectivity index (χ3n) is 4.44. The summed E-state index contributed by atoms with van der Waals surface area (Å²) < 4.78 is 0. The minimum Gasteiger partial charge on any atom is -0.372 e. The fourth-order valence-electron chi connectivity index (χ4n) is 3.23. The van der Waals surface area contributed by atoms with E-state index in [1.165, 1.54) is 16.5 Å². The first-order valence-electron chi connectivity index (χ1n) is 9.37. The first-order valence-corrected chi connectivity index (χ1v) is 9.37. The summed E-state index contributed by atoms with van der Waals surface area (Å²) in [6, 6.07) is 15.3. The van der Waals surface area contributed by atoms with Crippen molar-refractivity contribution < 1.29 is 0 Å². The second-order valence-electron chi connectivity index (χ2n) is 6.38. The van der Waals surface area contributed by atoms with E-state index in [1.807, 2.05) is 19.1 Å². The van der Waals surface area contributed by atoms with Gasteiger partial charge in [0, 0.05) is 18.8 Å². The second kappa shape index (κ2) is 9.63. The van der Waals surface area contributed by atoms with E-state index in [0.29, 0.717) is 5.57 Å². The molecule has 134 valence electrons. The van der Waals surface area contributed by atoms with Crippen LogP contribution < -0.4 is 4.90 Å². The third-order valence-corrected chi connectivity index (χ3v) is 4.44. The Hall–Kier alpha value is -2.79. The normalized spacial score (nSPS) is 12.1. The summed E-state index contributed by atoms with van der Waals surface area (Å²) >= 11 is 0. The molecule has 0 atom stereocenters. The lowest BCUT2D eigenvalue weighted by Crippen LogP contribution is -2.24. The van der Waals surface area contributed by atoms with Gasteiger partial charge in [-0.1, -0.05) is 56.9 Å². The molecule has 0 spiro atoms. The Labute approximate surface area is 157 Å². The number of hydrogen-bond acceptors (Lipinski definition) is 2. The first kappa shape index (κ1) is 19.5. The van der Waals surface area contributed by atoms with Crippen LogP contribution in [0.4, 0.5) is 5.69 Å². The Bertz CT molecular complexity index is 859. The van der Waals surface area contributed by atoms with Gasteiger partial charge in [0.2, 0.25) is 0 Å². The molecular formula is C24H28N2. The molecule has 0 saturated heterocycles. The number of allylic oxidation sites excluding steroid dienone is 5. The van der Waals surface area contributed by atoms with Gasteiger partial charge < -0.3 is 4.90 Å². The minimum atomic E-state index is 0.594. The van der Waals surface area contributed by atoms with Crippen molar-refractivity contribution in [1.82, 2.24) is 0 Å². The highest BCUT2D eigenvalue weighted by molar-refractivity contribution is 5.91. The molecule has 0 amide bonds. The standard InChI is InChI=1S/C24H28N2/c1-5-9-24(19(8-4)18-25)22-11-10-21-17-23(13-12-20(21)16-22)26(14-6-2)15-7-3/h5,8-13,16-17H,4,6-7,14-15H2,1-3H3/b9-5-,24-19-. The number of benzene rings is 2. The fourth-order valence-corrected chi connectivity index (χ4v) is 3.23. The number of anilines is 1. The minimum absolute atomic E-state index is 0.594. The van der Waals surface area contributed by atoms with Crippen molar-refractivity contribution in [3.05, 3.63) is 72.3 Å². The van der Waals surface area contributed by atoms with Crippen molar-refractivity contribution in [3.8, 4) is 6.07 Å². The van der Waals surface area contributed by atoms with Gasteiger partial charge >= 0.3 is 0 Å². The van der Waals surface area contributed by atoms with E-state index in [1.54, 1.807) is 6.08 Å². The Kier molecular flexibility index (Phi) is 7.24. The summed E-state index contributed by atoms with van der Waals surface area (Å²) in [6.07, 6.45) is 7.84. The van der Waals surface area contributed by atoms with Gasteiger partial charge in [-0.05, 0) is 59.9 Å². The molecule has 2 nitrogen and oxygen atoms in total. The lowest BCUT2D eigenvalue weighted by molar-refractivity contribution is 0.745. The molecule has 2 aromatic rings. The predicted octanol–water partition coefficient (Wildman–Crippen LogP) is 6.51. The summed E-state index contributed by atoms with van der Waals surface area (Å²) in [5.74, 6) is 0. The maximum absolute atomic E-state index is 9.38. The van der Waals surface area contributed by atoms with Crippen molar-refractivity contribution in [3.63, 3.8) is 0 Å². The van der Waals surface area contributed by atoms with Gasteiger partial charge in [0.1, 0.15) is 0 Å². The van der Waals surface area contributed by atoms with Crippen LogP contribution in [0.3, 0.4) is 0 Å². The lowest BCUT2D eigenvalue weighted by atomic mass is 9.96. The zero-order valence-corrected chi connectivity index (χ0v) is 16.1. The summed E-state index contributed by atoms with van der Waals surface area (Å²) in [5, 5.41) is 11.8. The molecule has 0 radical (unpaired) electrons. The third kappa shape index (κ3) is 4.43. The first-order chi connectivity index (χ1) is 12.7. The molecule has 0 unspecified atom stereocenters. The number of hydrogen-bond donors (Lipinski definition) is 0. The van der Waals surface area contributed by atoms with E-state index in [2.05, 4.69) is 67.8 Å². The van der Waals surface area contributed by atoms with Gasteiger partial charge in [-0.15, -0.1) is 0 Å². The molecule has 0 N–H and O–H groups in total. The van der Waals surface area contributed by atoms with Crippen LogP contribution in [0, 0.1) is 11.3 Å². The lowest BCUT2D eigenvalue weighted by Gasteiger charge is -2.24. The maximum atomic E-state index is 9.38. The molecule has 2 aromatic carbocycles. The average Bonchev–Trinajstić information content (AvgIpc) is 2.67. The molecule has 0 aliphatic carbocycles. The molecular weight excluding hydrogens is 316 g/mol. The monoisotopic (exact) mass is 344 g/mol. The van der Waals surface area contributed by atoms with E-state index in [0.717, 1.165) is 37.1 Å². The molecule has 2 heteroatoms. The Morgan fingerprint density at radius 1 is 1.08 bits per heavy atom. The quantitative estimate of drug-likeness (QED) is 0.403. The van der Waals surface area contributed by atoms with Crippen LogP contribution in [0.25, 0.3) is 16.3 Å². The zero-order chi connectivity index (χ0) is 18.9. The highest BCUT2D eigenvalue weighted by Crippen LogP contribution is 2.28. The molecule has 0 fully saturated rings. The summed E-state index contributed by atoms with van der Waals surface area (Å²) in [5.41, 5.74) is 3.83. The van der Waals surface area contributed by atoms with Gasteiger partial charge in [-0.3, -0.25) is 0 Å². The zero-order valence-electron chi connectivity index (χ0n) is 16.1. The van der Waals surface area contributed by atoms with Gasteiger partial charge in [0.05, 0.1) is 11.6 Å². The maximum Gasteiger partial charge on any atom is 0.0997 e. The van der Waals surface area contributed by atoms with E-state index in [4.69, 9.17) is 0 Å². The van der Waals surface area contributed by atoms with E-state index < -0.39 is 0 Å². The van der Waals surface area contributed by atoms with Crippen LogP contribution in [0.1, 0.15) is 39.2 Å². The van der Waals surface area contributed by atoms with Crippen molar-refractivity contribution in [2.45, 2.75) is 33.6 Å². The molecule has 0 aromatic heterocycles. The fraction of sp³-hybridized carbons (Fsp3) is 0.292. The molecule has 0 saturated carbocycles. The van der Waals surface area contributed by atoms with Crippen LogP contribution in [0.5, 0.6) is 0 Å². The average molecular weight is 345 g/mol. The Morgan fingerprint density at radius 3 is 2.31 bits per heavy atom. The summed E-state index contributed by atoms with van der Waals surface area (Å²) in [4.78, 5) is 2.45. The second-order valence-corrected chi connectivity index (χ2v) is 6.38. The largest absolute Gasteiger partial charge is 0.372 e. The van der Waals surface area contributed by atoms with Crippen LogP contribution in [-0.4, -0.2) is 13.1 Å². The van der Waals surface area contributed by atoms with Crippen LogP contribution in [0.15, 0.2) is 66.8 Å². The van der Waals surface area contributed by atoms with E-state index in [-0.39, 0.29) is 0 Å². The molecule has 0 heterocycles. The van der Waals surface area contributed by atoms with Crippen LogP contribution in [-0.2, 0) is 0 Å². The van der Waals surface area contributed by atoms with Gasteiger partial charge in [0.15, 0.2) is 0 Å². The van der Waals surface area contributed by atoms with E-state index in [9.17, 15) is 5.26 Å². The molecule has 0 aliphatic rings. The van der Waals surface area contributed by atoms with Crippen molar-refractivity contribution in [2.24, 2.45) is 0 Å².